The van der Waals surface area contributed by atoms with Gasteiger partial charge in [-0.2, -0.15) is 0 Å². The second-order valence-electron chi connectivity index (χ2n) is 8.83. The van der Waals surface area contributed by atoms with Crippen LogP contribution < -0.4 is 14.8 Å². The van der Waals surface area contributed by atoms with E-state index in [1.54, 1.807) is 24.3 Å². The third kappa shape index (κ3) is 7.88. The summed E-state index contributed by atoms with van der Waals surface area (Å²) in [5, 5.41) is 4.30. The van der Waals surface area contributed by atoms with E-state index in [-0.39, 0.29) is 12.5 Å². The lowest BCUT2D eigenvalue weighted by atomic mass is 10.2. The number of unbranched alkanes of at least 4 members (excludes halogenated alkanes) is 1. The fourth-order valence-electron chi connectivity index (χ4n) is 4.04. The van der Waals surface area contributed by atoms with Gasteiger partial charge in [0, 0.05) is 29.6 Å². The van der Waals surface area contributed by atoms with Crippen LogP contribution in [0.15, 0.2) is 66.7 Å². The van der Waals surface area contributed by atoms with Crippen LogP contribution >= 0.6 is 23.2 Å². The normalized spacial score (nSPS) is 11.0. The van der Waals surface area contributed by atoms with Gasteiger partial charge in [0.15, 0.2) is 6.61 Å². The molecule has 6 nitrogen and oxygen atoms in total. The van der Waals surface area contributed by atoms with E-state index >= 15 is 0 Å². The number of hydrogen-bond acceptors (Lipinski definition) is 4. The average molecular weight is 540 g/mol. The van der Waals surface area contributed by atoms with E-state index in [1.807, 2.05) is 43.3 Å². The molecule has 0 aliphatic heterocycles. The Kier molecular flexibility index (Phi) is 9.69. The van der Waals surface area contributed by atoms with E-state index in [0.29, 0.717) is 23.9 Å². The molecule has 1 N–H and O–H groups in total. The van der Waals surface area contributed by atoms with Crippen LogP contribution in [-0.4, -0.2) is 35.2 Å². The molecule has 0 aliphatic rings. The maximum Gasteiger partial charge on any atom is 0.257 e. The van der Waals surface area contributed by atoms with E-state index in [9.17, 15) is 4.79 Å². The Bertz CT molecular complexity index is 1320. The molecule has 4 aromatic rings. The maximum absolute atomic E-state index is 12.1. The van der Waals surface area contributed by atoms with Crippen molar-refractivity contribution in [1.82, 2.24) is 14.9 Å². The highest BCUT2D eigenvalue weighted by Gasteiger charge is 2.11. The number of benzene rings is 3. The topological polar surface area (TPSA) is 65.4 Å². The van der Waals surface area contributed by atoms with Crippen LogP contribution in [-0.2, 0) is 17.8 Å². The number of amides is 1. The van der Waals surface area contributed by atoms with Gasteiger partial charge in [-0.05, 0) is 86.3 Å². The summed E-state index contributed by atoms with van der Waals surface area (Å²) in [7, 11) is 0. The number of fused-ring (bicyclic) bond motifs is 1. The number of nitrogens with zero attached hydrogens (tertiary/aromatic N) is 2. The monoisotopic (exact) mass is 539 g/mol. The highest BCUT2D eigenvalue weighted by Crippen LogP contribution is 2.22. The van der Waals surface area contributed by atoms with E-state index in [4.69, 9.17) is 37.7 Å². The number of ether oxygens (including phenoxy) is 2. The fourth-order valence-corrected chi connectivity index (χ4v) is 4.28. The van der Waals surface area contributed by atoms with Crippen molar-refractivity contribution in [1.29, 1.82) is 0 Å². The number of rotatable bonds is 13. The van der Waals surface area contributed by atoms with Crippen LogP contribution in [0, 0.1) is 6.92 Å². The van der Waals surface area contributed by atoms with E-state index in [2.05, 4.69) is 16.0 Å². The van der Waals surface area contributed by atoms with Crippen molar-refractivity contribution < 1.29 is 14.3 Å². The molecule has 0 unspecified atom stereocenters. The summed E-state index contributed by atoms with van der Waals surface area (Å²) < 4.78 is 13.7. The zero-order valence-electron chi connectivity index (χ0n) is 20.9. The number of hydrogen-bond donors (Lipinski definition) is 1. The molecule has 37 heavy (non-hydrogen) atoms. The van der Waals surface area contributed by atoms with Gasteiger partial charge in [-0.1, -0.05) is 35.3 Å². The van der Waals surface area contributed by atoms with Crippen LogP contribution in [0.2, 0.25) is 10.0 Å². The van der Waals surface area contributed by atoms with Crippen LogP contribution in [0.3, 0.4) is 0 Å². The molecule has 1 amide bonds. The molecule has 3 aromatic carbocycles. The Hall–Kier alpha value is -3.22. The minimum atomic E-state index is -0.153. The molecule has 1 heterocycles. The molecule has 0 saturated heterocycles. The summed E-state index contributed by atoms with van der Waals surface area (Å²) in [5.41, 5.74) is 3.14. The lowest BCUT2D eigenvalue weighted by Crippen LogP contribution is -2.30. The molecule has 194 valence electrons. The van der Waals surface area contributed by atoms with Gasteiger partial charge in [0.1, 0.15) is 17.3 Å². The highest BCUT2D eigenvalue weighted by atomic mass is 35.5. The van der Waals surface area contributed by atoms with Crippen LogP contribution in [0.25, 0.3) is 11.0 Å². The molecule has 0 radical (unpaired) electrons. The molecule has 0 saturated carbocycles. The van der Waals surface area contributed by atoms with Gasteiger partial charge in [0.25, 0.3) is 5.91 Å². The third-order valence-electron chi connectivity index (χ3n) is 5.99. The number of aryl methyl sites for hydroxylation is 3. The van der Waals surface area contributed by atoms with Gasteiger partial charge in [0.05, 0.1) is 17.6 Å². The minimum absolute atomic E-state index is 0.0300. The molecular formula is C29H31Cl2N3O3. The predicted octanol–water partition coefficient (Wildman–Crippen LogP) is 6.64. The van der Waals surface area contributed by atoms with Gasteiger partial charge in [-0.3, -0.25) is 4.79 Å². The Morgan fingerprint density at radius 2 is 1.73 bits per heavy atom. The largest absolute Gasteiger partial charge is 0.494 e. The second-order valence-corrected chi connectivity index (χ2v) is 9.67. The highest BCUT2D eigenvalue weighted by molar-refractivity contribution is 6.31. The first kappa shape index (κ1) is 26.8. The Balaban J connectivity index is 1.23. The number of carbonyl (C=O) groups is 1. The zero-order valence-corrected chi connectivity index (χ0v) is 22.4. The maximum atomic E-state index is 12.1. The van der Waals surface area contributed by atoms with E-state index < -0.39 is 0 Å². The number of halogens is 2. The summed E-state index contributed by atoms with van der Waals surface area (Å²) in [6.45, 7) is 4.01. The number of imidazole rings is 1. The third-order valence-corrected chi connectivity index (χ3v) is 6.67. The van der Waals surface area contributed by atoms with E-state index in [0.717, 1.165) is 65.4 Å². The molecule has 4 rings (SSSR count). The van der Waals surface area contributed by atoms with Crippen molar-refractivity contribution in [3.05, 3.63) is 88.2 Å². The quantitative estimate of drug-likeness (QED) is 0.193. The molecule has 0 aliphatic carbocycles. The molecule has 0 spiro atoms. The van der Waals surface area contributed by atoms with Gasteiger partial charge in [-0.25, -0.2) is 4.98 Å². The van der Waals surface area contributed by atoms with E-state index in [1.165, 1.54) is 0 Å². The molecule has 0 atom stereocenters. The molecule has 1 aromatic heterocycles. The molecule has 0 bridgehead atoms. The van der Waals surface area contributed by atoms with Gasteiger partial charge in [0.2, 0.25) is 0 Å². The van der Waals surface area contributed by atoms with Crippen molar-refractivity contribution in [3.63, 3.8) is 0 Å². The Morgan fingerprint density at radius 1 is 0.946 bits per heavy atom. The summed E-state index contributed by atoms with van der Waals surface area (Å²) in [6.07, 6.45) is 3.46. The van der Waals surface area contributed by atoms with Crippen LogP contribution in [0.1, 0.15) is 30.7 Å². The fraction of sp³-hybridized carbons (Fsp3) is 0.310. The first-order valence-electron chi connectivity index (χ1n) is 12.5. The van der Waals surface area contributed by atoms with Gasteiger partial charge in [-0.15, -0.1) is 0 Å². The van der Waals surface area contributed by atoms with Crippen LogP contribution in [0.5, 0.6) is 11.5 Å². The smallest absolute Gasteiger partial charge is 0.257 e. The van der Waals surface area contributed by atoms with Crippen molar-refractivity contribution in [2.75, 3.05) is 19.8 Å². The van der Waals surface area contributed by atoms with Crippen molar-refractivity contribution >= 4 is 40.1 Å². The van der Waals surface area contributed by atoms with Crippen molar-refractivity contribution in [3.8, 4) is 11.5 Å². The first-order valence-corrected chi connectivity index (χ1v) is 13.2. The van der Waals surface area contributed by atoms with Crippen LogP contribution in [0.4, 0.5) is 0 Å². The molecule has 0 fully saturated rings. The molecular weight excluding hydrogens is 509 g/mol. The second kappa shape index (κ2) is 13.4. The number of para-hydroxylation sites is 2. The lowest BCUT2D eigenvalue weighted by Gasteiger charge is -2.11. The average Bonchev–Trinajstić information content (AvgIpc) is 3.25. The molecule has 8 heteroatoms. The van der Waals surface area contributed by atoms with Gasteiger partial charge >= 0.3 is 0 Å². The SMILES string of the molecule is Cc1cc(OCCCCn2c(CCCNC(=O)COc3ccc(Cl)cc3)nc3ccccc32)ccc1Cl. The Labute approximate surface area is 227 Å². The first-order chi connectivity index (χ1) is 18.0. The van der Waals surface area contributed by atoms with Crippen molar-refractivity contribution in [2.24, 2.45) is 0 Å². The summed E-state index contributed by atoms with van der Waals surface area (Å²) in [5.74, 6) is 2.33. The predicted molar refractivity (Wildman–Crippen MR) is 149 cm³/mol. The van der Waals surface area contributed by atoms with Gasteiger partial charge < -0.3 is 19.4 Å². The zero-order chi connectivity index (χ0) is 26.0. The number of aromatic nitrogens is 2. The number of carbonyl (C=O) groups excluding carboxylic acids is 1. The minimum Gasteiger partial charge on any atom is -0.494 e. The standard InChI is InChI=1S/C29H31Cl2N3O3/c1-21-19-24(14-15-25(21)31)36-18-5-4-17-34-27-8-3-2-7-26(27)33-28(34)9-6-16-32-29(35)20-37-23-12-10-22(30)11-13-23/h2-3,7-8,10-15,19H,4-6,9,16-18,20H2,1H3,(H,32,35). The summed E-state index contributed by atoms with van der Waals surface area (Å²) in [6, 6.07) is 20.9. The lowest BCUT2D eigenvalue weighted by molar-refractivity contribution is -0.123. The summed E-state index contributed by atoms with van der Waals surface area (Å²) in [4.78, 5) is 17.0. The van der Waals surface area contributed by atoms with Crippen molar-refractivity contribution in [2.45, 2.75) is 39.2 Å². The summed E-state index contributed by atoms with van der Waals surface area (Å²) >= 11 is 12.0. The number of nitrogens with one attached hydrogen (secondary N) is 1. The Morgan fingerprint density at radius 3 is 2.54 bits per heavy atom.